The largest absolute Gasteiger partial charge is 0.299 e. The van der Waals surface area contributed by atoms with Crippen LogP contribution in [-0.4, -0.2) is 35.5 Å². The summed E-state index contributed by atoms with van der Waals surface area (Å²) in [6, 6.07) is 0. The Morgan fingerprint density at radius 1 is 1.33 bits per heavy atom. The molecule has 24 heavy (non-hydrogen) atoms. The molecule has 3 heteroatoms. The SMILES string of the molecule is C=C(/C=C\C=C/C)CN1CCC(=O)N(C2=CC=CC(C)(C)C=C2)C1. The van der Waals surface area contributed by atoms with Gasteiger partial charge in [0.1, 0.15) is 0 Å². The molecule has 1 aliphatic carbocycles. The molecule has 0 N–H and O–H groups in total. The predicted octanol–water partition coefficient (Wildman–Crippen LogP) is 4.20. The highest BCUT2D eigenvalue weighted by molar-refractivity contribution is 5.79. The first-order valence-corrected chi connectivity index (χ1v) is 8.50. The molecule has 128 valence electrons. The van der Waals surface area contributed by atoms with Gasteiger partial charge in [0.05, 0.1) is 6.67 Å². The maximum Gasteiger partial charge on any atom is 0.229 e. The molecular weight excluding hydrogens is 296 g/mol. The van der Waals surface area contributed by atoms with Crippen molar-refractivity contribution in [1.29, 1.82) is 0 Å². The number of rotatable bonds is 5. The summed E-state index contributed by atoms with van der Waals surface area (Å²) in [6.45, 7) is 12.6. The highest BCUT2D eigenvalue weighted by Gasteiger charge is 2.26. The molecule has 1 saturated heterocycles. The van der Waals surface area contributed by atoms with Gasteiger partial charge in [-0.1, -0.05) is 63.0 Å². The van der Waals surface area contributed by atoms with Crippen molar-refractivity contribution in [3.63, 3.8) is 0 Å². The van der Waals surface area contributed by atoms with E-state index in [9.17, 15) is 4.79 Å². The van der Waals surface area contributed by atoms with Gasteiger partial charge in [-0.05, 0) is 24.6 Å². The van der Waals surface area contributed by atoms with Crippen LogP contribution in [0.5, 0.6) is 0 Å². The molecular formula is C21H28N2O. The Bertz CT molecular complexity index is 632. The first-order valence-electron chi connectivity index (χ1n) is 8.50. The smallest absolute Gasteiger partial charge is 0.229 e. The lowest BCUT2D eigenvalue weighted by molar-refractivity contribution is -0.134. The van der Waals surface area contributed by atoms with Gasteiger partial charge < -0.3 is 0 Å². The Hall–Kier alpha value is -2.13. The first-order chi connectivity index (χ1) is 11.4. The summed E-state index contributed by atoms with van der Waals surface area (Å²) >= 11 is 0. The maximum atomic E-state index is 12.4. The van der Waals surface area contributed by atoms with Crippen LogP contribution in [0.3, 0.4) is 0 Å². The first kappa shape index (κ1) is 18.2. The Morgan fingerprint density at radius 2 is 2.12 bits per heavy atom. The lowest BCUT2D eigenvalue weighted by Gasteiger charge is -2.36. The van der Waals surface area contributed by atoms with Crippen molar-refractivity contribution in [3.05, 3.63) is 72.5 Å². The van der Waals surface area contributed by atoms with E-state index >= 15 is 0 Å². The van der Waals surface area contributed by atoms with Gasteiger partial charge in [-0.3, -0.25) is 14.6 Å². The molecule has 0 aromatic heterocycles. The van der Waals surface area contributed by atoms with E-state index in [-0.39, 0.29) is 11.3 Å². The number of carbonyl (C=O) groups excluding carboxylic acids is 1. The average Bonchev–Trinajstić information content (AvgIpc) is 2.70. The second kappa shape index (κ2) is 8.11. The molecule has 0 aromatic carbocycles. The molecule has 0 radical (unpaired) electrons. The van der Waals surface area contributed by atoms with E-state index in [2.05, 4.69) is 43.6 Å². The van der Waals surface area contributed by atoms with Gasteiger partial charge in [-0.15, -0.1) is 0 Å². The Morgan fingerprint density at radius 3 is 2.88 bits per heavy atom. The molecule has 2 rings (SSSR count). The Kier molecular flexibility index (Phi) is 6.16. The number of nitrogens with zero attached hydrogens (tertiary/aromatic N) is 2. The van der Waals surface area contributed by atoms with Crippen molar-refractivity contribution >= 4 is 5.91 Å². The van der Waals surface area contributed by atoms with E-state index < -0.39 is 0 Å². The zero-order valence-corrected chi connectivity index (χ0v) is 15.0. The van der Waals surface area contributed by atoms with Gasteiger partial charge in [0, 0.05) is 30.6 Å². The van der Waals surface area contributed by atoms with Gasteiger partial charge in [0.2, 0.25) is 5.91 Å². The summed E-state index contributed by atoms with van der Waals surface area (Å²) in [5.74, 6) is 0.185. The minimum atomic E-state index is 0.0165. The van der Waals surface area contributed by atoms with Gasteiger partial charge in [0.25, 0.3) is 0 Å². The van der Waals surface area contributed by atoms with Crippen molar-refractivity contribution < 1.29 is 4.79 Å². The zero-order valence-electron chi connectivity index (χ0n) is 15.0. The van der Waals surface area contributed by atoms with E-state index in [0.29, 0.717) is 13.1 Å². The van der Waals surface area contributed by atoms with Gasteiger partial charge >= 0.3 is 0 Å². The third-order valence-electron chi connectivity index (χ3n) is 4.13. The highest BCUT2D eigenvalue weighted by Crippen LogP contribution is 2.25. The lowest BCUT2D eigenvalue weighted by Crippen LogP contribution is -2.47. The molecule has 0 spiro atoms. The summed E-state index contributed by atoms with van der Waals surface area (Å²) in [4.78, 5) is 16.5. The molecule has 3 nitrogen and oxygen atoms in total. The molecule has 0 unspecified atom stereocenters. The van der Waals surface area contributed by atoms with Crippen molar-refractivity contribution in [2.75, 3.05) is 19.8 Å². The van der Waals surface area contributed by atoms with Crippen LogP contribution >= 0.6 is 0 Å². The molecule has 2 aliphatic rings. The number of allylic oxidation sites excluding steroid dienone is 8. The van der Waals surface area contributed by atoms with E-state index in [1.165, 1.54) is 0 Å². The third-order valence-corrected chi connectivity index (χ3v) is 4.13. The quantitative estimate of drug-likeness (QED) is 0.708. The minimum Gasteiger partial charge on any atom is -0.299 e. The zero-order chi connectivity index (χ0) is 17.6. The highest BCUT2D eigenvalue weighted by atomic mass is 16.2. The van der Waals surface area contributed by atoms with Crippen molar-refractivity contribution in [1.82, 2.24) is 9.80 Å². The monoisotopic (exact) mass is 324 g/mol. The molecule has 0 bridgehead atoms. The molecule has 1 fully saturated rings. The van der Waals surface area contributed by atoms with E-state index in [0.717, 1.165) is 24.4 Å². The maximum absolute atomic E-state index is 12.4. The molecule has 0 atom stereocenters. The average molecular weight is 324 g/mol. The summed E-state index contributed by atoms with van der Waals surface area (Å²) in [5, 5.41) is 0. The second-order valence-electron chi connectivity index (χ2n) is 6.91. The van der Waals surface area contributed by atoms with Gasteiger partial charge in [-0.2, -0.15) is 0 Å². The van der Waals surface area contributed by atoms with Crippen LogP contribution in [0, 0.1) is 5.41 Å². The van der Waals surface area contributed by atoms with Crippen LogP contribution in [0.15, 0.2) is 72.5 Å². The number of carbonyl (C=O) groups is 1. The summed E-state index contributed by atoms with van der Waals surface area (Å²) in [6.07, 6.45) is 19.0. The van der Waals surface area contributed by atoms with Gasteiger partial charge in [-0.25, -0.2) is 0 Å². The van der Waals surface area contributed by atoms with Gasteiger partial charge in [0.15, 0.2) is 0 Å². The number of amides is 1. The Balaban J connectivity index is 2.03. The predicted molar refractivity (Wildman–Crippen MR) is 101 cm³/mol. The number of hydrogen-bond donors (Lipinski definition) is 0. The van der Waals surface area contributed by atoms with Crippen LogP contribution in [0.1, 0.15) is 27.2 Å². The van der Waals surface area contributed by atoms with Crippen LogP contribution in [0.2, 0.25) is 0 Å². The molecule has 1 amide bonds. The van der Waals surface area contributed by atoms with Crippen molar-refractivity contribution in [2.45, 2.75) is 27.2 Å². The molecule has 1 heterocycles. The minimum absolute atomic E-state index is 0.0165. The summed E-state index contributed by atoms with van der Waals surface area (Å²) in [5.41, 5.74) is 2.03. The fourth-order valence-corrected chi connectivity index (χ4v) is 2.72. The van der Waals surface area contributed by atoms with Crippen LogP contribution in [-0.2, 0) is 4.79 Å². The lowest BCUT2D eigenvalue weighted by atomic mass is 9.93. The third kappa shape index (κ3) is 5.20. The van der Waals surface area contributed by atoms with Crippen molar-refractivity contribution in [3.8, 4) is 0 Å². The Labute approximate surface area is 146 Å². The van der Waals surface area contributed by atoms with E-state index in [4.69, 9.17) is 0 Å². The molecule has 0 saturated carbocycles. The second-order valence-corrected chi connectivity index (χ2v) is 6.91. The molecule has 1 aliphatic heterocycles. The van der Waals surface area contributed by atoms with E-state index in [1.807, 2.05) is 48.3 Å². The van der Waals surface area contributed by atoms with Crippen molar-refractivity contribution in [2.24, 2.45) is 5.41 Å². The van der Waals surface area contributed by atoms with Crippen LogP contribution in [0.25, 0.3) is 0 Å². The van der Waals surface area contributed by atoms with E-state index in [1.54, 1.807) is 0 Å². The standard InChI is InChI=1S/C21H28N2O/c1-5-6-7-9-18(2)16-22-15-12-20(24)23(17-22)19-10-8-13-21(3,4)14-11-19/h5-11,13-14H,2,12,15-17H2,1,3-4H3/b6-5-,9-7-. The van der Waals surface area contributed by atoms with Crippen LogP contribution in [0.4, 0.5) is 0 Å². The normalized spacial score (nSPS) is 21.5. The topological polar surface area (TPSA) is 23.6 Å². The fraction of sp³-hybridized carbons (Fsp3) is 0.381. The van der Waals surface area contributed by atoms with Crippen LogP contribution < -0.4 is 0 Å². The fourth-order valence-electron chi connectivity index (χ4n) is 2.72. The summed E-state index contributed by atoms with van der Waals surface area (Å²) in [7, 11) is 0. The number of hydrogen-bond acceptors (Lipinski definition) is 2. The summed E-state index contributed by atoms with van der Waals surface area (Å²) < 4.78 is 0. The molecule has 0 aromatic rings.